The number of phenols is 1. The number of aromatic nitrogens is 1. The molecule has 1 aromatic carbocycles. The largest absolute Gasteiger partial charge is 0.505 e. The summed E-state index contributed by atoms with van der Waals surface area (Å²) >= 11 is 0. The van der Waals surface area contributed by atoms with Crippen molar-refractivity contribution in [3.63, 3.8) is 0 Å². The molecule has 1 aromatic heterocycles. The van der Waals surface area contributed by atoms with Crippen LogP contribution < -0.4 is 5.32 Å². The number of amides is 1. The van der Waals surface area contributed by atoms with Crippen LogP contribution in [0.15, 0.2) is 67.4 Å². The number of hydrogen-bond donors (Lipinski definition) is 2. The minimum atomic E-state index is -0.275. The summed E-state index contributed by atoms with van der Waals surface area (Å²) in [5.74, 6) is -0.340. The maximum atomic E-state index is 12.3. The third kappa shape index (κ3) is 4.57. The normalized spacial score (nSPS) is 16.5. The molecule has 0 saturated heterocycles. The summed E-state index contributed by atoms with van der Waals surface area (Å²) in [6.45, 7) is 9.39. The molecule has 1 atom stereocenters. The zero-order valence-corrected chi connectivity index (χ0v) is 14.5. The average Bonchev–Trinajstić information content (AvgIpc) is 3.01. The van der Waals surface area contributed by atoms with Gasteiger partial charge in [-0.1, -0.05) is 49.1 Å². The first-order valence-electron chi connectivity index (χ1n) is 8.37. The number of nitrogens with zero attached hydrogens (tertiary/aromatic N) is 1. The van der Waals surface area contributed by atoms with Crippen LogP contribution in [0.25, 0.3) is 10.9 Å². The Morgan fingerprint density at radius 1 is 1.40 bits per heavy atom. The van der Waals surface area contributed by atoms with Gasteiger partial charge in [0.25, 0.3) is 5.91 Å². The van der Waals surface area contributed by atoms with Gasteiger partial charge in [-0.25, -0.2) is 0 Å². The van der Waals surface area contributed by atoms with Crippen LogP contribution >= 0.6 is 0 Å². The Labute approximate surface area is 148 Å². The fourth-order valence-electron chi connectivity index (χ4n) is 2.77. The number of aromatic hydroxyl groups is 1. The Morgan fingerprint density at radius 3 is 2.80 bits per heavy atom. The highest BCUT2D eigenvalue weighted by Gasteiger charge is 2.23. The molecule has 1 fully saturated rings. The van der Waals surface area contributed by atoms with E-state index in [1.54, 1.807) is 30.5 Å². The van der Waals surface area contributed by atoms with Crippen molar-refractivity contribution in [1.29, 1.82) is 0 Å². The molecule has 3 rings (SSSR count). The van der Waals surface area contributed by atoms with Gasteiger partial charge in [0, 0.05) is 11.6 Å². The van der Waals surface area contributed by atoms with Crippen molar-refractivity contribution in [2.75, 3.05) is 0 Å². The summed E-state index contributed by atoms with van der Waals surface area (Å²) in [6.07, 6.45) is 10.1. The van der Waals surface area contributed by atoms with E-state index in [1.807, 2.05) is 25.1 Å². The summed E-state index contributed by atoms with van der Waals surface area (Å²) < 4.78 is 0. The van der Waals surface area contributed by atoms with Crippen LogP contribution in [-0.2, 0) is 0 Å². The number of rotatable bonds is 3. The molecule has 1 saturated carbocycles. The van der Waals surface area contributed by atoms with Gasteiger partial charge in [0.15, 0.2) is 5.75 Å². The third-order valence-corrected chi connectivity index (χ3v) is 4.11. The molecule has 130 valence electrons. The molecule has 1 aliphatic carbocycles. The molecule has 0 radical (unpaired) electrons. The predicted molar refractivity (Wildman–Crippen MR) is 103 cm³/mol. The molecular weight excluding hydrogens is 312 g/mol. The van der Waals surface area contributed by atoms with Gasteiger partial charge in [-0.05, 0) is 38.3 Å². The number of pyridine rings is 1. The molecule has 2 aromatic rings. The first-order valence-corrected chi connectivity index (χ1v) is 8.37. The summed E-state index contributed by atoms with van der Waals surface area (Å²) in [4.78, 5) is 16.4. The van der Waals surface area contributed by atoms with Crippen molar-refractivity contribution in [3.8, 4) is 5.75 Å². The van der Waals surface area contributed by atoms with Gasteiger partial charge in [0.1, 0.15) is 5.52 Å². The van der Waals surface area contributed by atoms with E-state index in [2.05, 4.69) is 23.5 Å². The van der Waals surface area contributed by atoms with E-state index >= 15 is 0 Å². The van der Waals surface area contributed by atoms with Gasteiger partial charge in [-0.2, -0.15) is 0 Å². The first kappa shape index (κ1) is 18.5. The molecule has 1 aliphatic rings. The Balaban J connectivity index is 0.000000399. The molecule has 0 spiro atoms. The molecule has 0 aliphatic heterocycles. The standard InChI is InChI=1S/C16H16N2O2.C5H8/c1-10-4-2-6-13(10)18-16(20)12-8-7-11-5-3-9-17-14(11)15(12)19;1-3-5-4-2/h3,5,7-9,13,19H,1-2,4,6H2,(H,18,20);3-5H,1H2,2H3/b;5-4-. The van der Waals surface area contributed by atoms with Gasteiger partial charge in [0.05, 0.1) is 11.6 Å². The lowest BCUT2D eigenvalue weighted by Gasteiger charge is -2.14. The number of carbonyl (C=O) groups excluding carboxylic acids is 1. The van der Waals surface area contributed by atoms with Crippen molar-refractivity contribution in [3.05, 3.63) is 73.0 Å². The van der Waals surface area contributed by atoms with Gasteiger partial charge in [-0.15, -0.1) is 0 Å². The van der Waals surface area contributed by atoms with Crippen LogP contribution in [0.4, 0.5) is 0 Å². The lowest BCUT2D eigenvalue weighted by Crippen LogP contribution is -2.33. The van der Waals surface area contributed by atoms with Gasteiger partial charge >= 0.3 is 0 Å². The van der Waals surface area contributed by atoms with E-state index in [1.165, 1.54) is 0 Å². The molecule has 2 N–H and O–H groups in total. The zero-order chi connectivity index (χ0) is 18.2. The van der Waals surface area contributed by atoms with Crippen LogP contribution in [-0.4, -0.2) is 22.0 Å². The molecule has 1 unspecified atom stereocenters. The molecule has 1 amide bonds. The number of hydrogen-bond acceptors (Lipinski definition) is 3. The second kappa shape index (κ2) is 8.83. The molecular formula is C21H24N2O2. The van der Waals surface area contributed by atoms with Crippen molar-refractivity contribution in [2.45, 2.75) is 32.2 Å². The minimum absolute atomic E-state index is 0.0151. The van der Waals surface area contributed by atoms with Crippen LogP contribution in [0.3, 0.4) is 0 Å². The summed E-state index contributed by atoms with van der Waals surface area (Å²) in [6, 6.07) is 7.08. The molecule has 25 heavy (non-hydrogen) atoms. The number of fused-ring (bicyclic) bond motifs is 1. The Hall–Kier alpha value is -2.88. The fraction of sp³-hybridized carbons (Fsp3) is 0.238. The highest BCUT2D eigenvalue weighted by atomic mass is 16.3. The second-order valence-corrected chi connectivity index (χ2v) is 5.87. The van der Waals surface area contributed by atoms with Crippen LogP contribution in [0.5, 0.6) is 5.75 Å². The van der Waals surface area contributed by atoms with Gasteiger partial charge < -0.3 is 10.4 Å². The third-order valence-electron chi connectivity index (χ3n) is 4.11. The van der Waals surface area contributed by atoms with Crippen molar-refractivity contribution < 1.29 is 9.90 Å². The zero-order valence-electron chi connectivity index (χ0n) is 14.5. The van der Waals surface area contributed by atoms with E-state index in [-0.39, 0.29) is 23.3 Å². The molecule has 1 heterocycles. The van der Waals surface area contributed by atoms with Gasteiger partial charge in [0.2, 0.25) is 0 Å². The summed E-state index contributed by atoms with van der Waals surface area (Å²) in [5.41, 5.74) is 1.76. The maximum absolute atomic E-state index is 12.3. The highest BCUT2D eigenvalue weighted by molar-refractivity contribution is 6.02. The highest BCUT2D eigenvalue weighted by Crippen LogP contribution is 2.28. The minimum Gasteiger partial charge on any atom is -0.505 e. The maximum Gasteiger partial charge on any atom is 0.255 e. The monoisotopic (exact) mass is 336 g/mol. The number of carbonyl (C=O) groups is 1. The van der Waals surface area contributed by atoms with Crippen LogP contribution in [0.2, 0.25) is 0 Å². The number of nitrogens with one attached hydrogen (secondary N) is 1. The number of phenolic OH excluding ortho intramolecular Hbond substituents is 1. The van der Waals surface area contributed by atoms with Crippen molar-refractivity contribution in [1.82, 2.24) is 10.3 Å². The Bertz CT molecular complexity index is 809. The predicted octanol–water partition coefficient (Wildman–Crippen LogP) is 4.53. The molecule has 4 nitrogen and oxygen atoms in total. The number of benzene rings is 1. The lowest BCUT2D eigenvalue weighted by molar-refractivity contribution is 0.0941. The summed E-state index contributed by atoms with van der Waals surface area (Å²) in [5, 5.41) is 14.0. The second-order valence-electron chi connectivity index (χ2n) is 5.87. The Morgan fingerprint density at radius 2 is 2.20 bits per heavy atom. The van der Waals surface area contributed by atoms with E-state index < -0.39 is 0 Å². The van der Waals surface area contributed by atoms with Crippen molar-refractivity contribution >= 4 is 16.8 Å². The van der Waals surface area contributed by atoms with E-state index in [4.69, 9.17) is 0 Å². The fourth-order valence-corrected chi connectivity index (χ4v) is 2.77. The van der Waals surface area contributed by atoms with E-state index in [9.17, 15) is 9.90 Å². The van der Waals surface area contributed by atoms with Crippen LogP contribution in [0, 0.1) is 0 Å². The topological polar surface area (TPSA) is 62.2 Å². The van der Waals surface area contributed by atoms with Crippen molar-refractivity contribution in [2.24, 2.45) is 0 Å². The summed E-state index contributed by atoms with van der Waals surface area (Å²) in [7, 11) is 0. The quantitative estimate of drug-likeness (QED) is 0.639. The molecule has 0 bridgehead atoms. The Kier molecular flexibility index (Phi) is 6.52. The average molecular weight is 336 g/mol. The number of allylic oxidation sites excluding steroid dienone is 3. The SMILES string of the molecule is C=C/C=C\C.C=C1CCCC1NC(=O)c1ccc2cccnc2c1O. The smallest absolute Gasteiger partial charge is 0.255 e. The van der Waals surface area contributed by atoms with Crippen LogP contribution in [0.1, 0.15) is 36.5 Å². The molecule has 4 heteroatoms. The lowest BCUT2D eigenvalue weighted by atomic mass is 10.1. The van der Waals surface area contributed by atoms with Gasteiger partial charge in [-0.3, -0.25) is 9.78 Å². The first-order chi connectivity index (χ1) is 12.1. The van der Waals surface area contributed by atoms with E-state index in [0.717, 1.165) is 30.2 Å². The van der Waals surface area contributed by atoms with E-state index in [0.29, 0.717) is 5.52 Å².